The smallest absolute Gasteiger partial charge is 0.490 e. The second-order valence-electron chi connectivity index (χ2n) is 7.74. The Morgan fingerprint density at radius 1 is 1.20 bits per heavy atom. The van der Waals surface area contributed by atoms with Crippen LogP contribution in [0.5, 0.6) is 11.5 Å². The number of piperidine rings is 1. The van der Waals surface area contributed by atoms with E-state index in [4.69, 9.17) is 26.2 Å². The Morgan fingerprint density at radius 3 is 2.46 bits per heavy atom. The Bertz CT molecular complexity index is 1200. The van der Waals surface area contributed by atoms with Gasteiger partial charge >= 0.3 is 12.1 Å². The Kier molecular flexibility index (Phi) is 8.18. The van der Waals surface area contributed by atoms with E-state index in [9.17, 15) is 22.7 Å². The van der Waals surface area contributed by atoms with Crippen LogP contribution in [0, 0.1) is 5.82 Å². The lowest BCUT2D eigenvalue weighted by Crippen LogP contribution is -2.35. The van der Waals surface area contributed by atoms with Gasteiger partial charge in [0.05, 0.1) is 15.9 Å². The minimum atomic E-state index is -5.08. The molecule has 0 spiro atoms. The first-order valence-corrected chi connectivity index (χ1v) is 10.7. The van der Waals surface area contributed by atoms with Crippen LogP contribution >= 0.6 is 11.6 Å². The Labute approximate surface area is 202 Å². The lowest BCUT2D eigenvalue weighted by Gasteiger charge is -2.29. The summed E-state index contributed by atoms with van der Waals surface area (Å²) in [5, 5.41) is 21.0. The monoisotopic (exact) mass is 516 g/mol. The van der Waals surface area contributed by atoms with E-state index in [0.29, 0.717) is 28.2 Å². The summed E-state index contributed by atoms with van der Waals surface area (Å²) in [4.78, 5) is 19.7. The summed E-state index contributed by atoms with van der Waals surface area (Å²) in [5.41, 5.74) is 1.14. The molecule has 1 aromatic heterocycles. The summed E-state index contributed by atoms with van der Waals surface area (Å²) < 4.78 is 51.4. The van der Waals surface area contributed by atoms with Crippen LogP contribution in [0.15, 0.2) is 36.7 Å². The van der Waals surface area contributed by atoms with Crippen molar-refractivity contribution in [1.82, 2.24) is 14.9 Å². The van der Waals surface area contributed by atoms with E-state index in [1.165, 1.54) is 18.5 Å². The van der Waals surface area contributed by atoms with Gasteiger partial charge in [-0.3, -0.25) is 0 Å². The van der Waals surface area contributed by atoms with E-state index in [1.807, 2.05) is 0 Å². The molecule has 0 bridgehead atoms. The maximum Gasteiger partial charge on any atom is 0.490 e. The number of carboxylic acids is 1. The fraction of sp³-hybridized carbons (Fsp3) is 0.318. The number of rotatable bonds is 4. The van der Waals surface area contributed by atoms with Crippen LogP contribution in [-0.2, 0) is 4.79 Å². The second kappa shape index (κ2) is 10.9. The van der Waals surface area contributed by atoms with E-state index < -0.39 is 18.0 Å². The Morgan fingerprint density at radius 2 is 1.86 bits per heavy atom. The molecule has 1 fully saturated rings. The summed E-state index contributed by atoms with van der Waals surface area (Å²) in [7, 11) is 2.09. The van der Waals surface area contributed by atoms with Gasteiger partial charge in [-0.15, -0.1) is 0 Å². The zero-order chi connectivity index (χ0) is 25.8. The normalized spacial score (nSPS) is 14.8. The summed E-state index contributed by atoms with van der Waals surface area (Å²) in [6.45, 7) is 1.91. The number of anilines is 2. The molecule has 188 valence electrons. The van der Waals surface area contributed by atoms with Crippen molar-refractivity contribution in [3.8, 4) is 11.5 Å². The van der Waals surface area contributed by atoms with Gasteiger partial charge in [-0.25, -0.2) is 19.2 Å². The quantitative estimate of drug-likeness (QED) is 0.417. The van der Waals surface area contributed by atoms with Gasteiger partial charge in [0.2, 0.25) is 0 Å². The van der Waals surface area contributed by atoms with Gasteiger partial charge in [-0.2, -0.15) is 13.2 Å². The number of benzene rings is 2. The number of aromatic hydroxyl groups is 1. The summed E-state index contributed by atoms with van der Waals surface area (Å²) in [6.07, 6.45) is -1.83. The number of nitrogens with zero attached hydrogens (tertiary/aromatic N) is 3. The molecule has 35 heavy (non-hydrogen) atoms. The SMILES string of the molecule is CN1CCC(Oc2cc(O)cc3ncnc(Nc4ccc(F)c(Cl)c4)c23)CC1.O=C(O)C(F)(F)F. The highest BCUT2D eigenvalue weighted by molar-refractivity contribution is 6.31. The minimum Gasteiger partial charge on any atom is -0.508 e. The van der Waals surface area contributed by atoms with Crippen molar-refractivity contribution >= 4 is 40.0 Å². The van der Waals surface area contributed by atoms with Crippen molar-refractivity contribution in [2.75, 3.05) is 25.5 Å². The number of ether oxygens (including phenoxy) is 1. The zero-order valence-corrected chi connectivity index (χ0v) is 19.1. The molecule has 4 rings (SSSR count). The molecule has 3 aromatic rings. The van der Waals surface area contributed by atoms with Crippen LogP contribution in [0.3, 0.4) is 0 Å². The van der Waals surface area contributed by atoms with Crippen LogP contribution in [0.25, 0.3) is 10.9 Å². The average molecular weight is 517 g/mol. The fourth-order valence-corrected chi connectivity index (χ4v) is 3.50. The van der Waals surface area contributed by atoms with Crippen molar-refractivity contribution < 1.29 is 37.3 Å². The Hall–Kier alpha value is -3.38. The van der Waals surface area contributed by atoms with Gasteiger partial charge in [-0.1, -0.05) is 11.6 Å². The van der Waals surface area contributed by atoms with Crippen LogP contribution in [-0.4, -0.2) is 63.5 Å². The van der Waals surface area contributed by atoms with Crippen molar-refractivity contribution in [1.29, 1.82) is 0 Å². The largest absolute Gasteiger partial charge is 0.508 e. The van der Waals surface area contributed by atoms with Crippen molar-refractivity contribution in [2.24, 2.45) is 0 Å². The maximum absolute atomic E-state index is 13.5. The lowest BCUT2D eigenvalue weighted by atomic mass is 10.1. The molecule has 1 aliphatic rings. The number of carboxylic acid groups (broad SMARTS) is 1. The van der Waals surface area contributed by atoms with Gasteiger partial charge < -0.3 is 25.2 Å². The zero-order valence-electron chi connectivity index (χ0n) is 18.3. The molecule has 13 heteroatoms. The number of carbonyl (C=O) groups is 1. The number of phenolic OH excluding ortho intramolecular Hbond substituents is 1. The fourth-order valence-electron chi connectivity index (χ4n) is 3.32. The van der Waals surface area contributed by atoms with Crippen molar-refractivity contribution in [3.05, 3.63) is 47.5 Å². The maximum atomic E-state index is 13.5. The number of halogens is 5. The minimum absolute atomic E-state index is 0.0174. The molecule has 8 nitrogen and oxygen atoms in total. The number of phenols is 1. The van der Waals surface area contributed by atoms with Gasteiger partial charge in [-0.05, 0) is 38.1 Å². The molecule has 2 heterocycles. The highest BCUT2D eigenvalue weighted by Gasteiger charge is 2.38. The van der Waals surface area contributed by atoms with E-state index in [-0.39, 0.29) is 16.9 Å². The van der Waals surface area contributed by atoms with E-state index >= 15 is 0 Å². The van der Waals surface area contributed by atoms with E-state index in [0.717, 1.165) is 25.9 Å². The summed E-state index contributed by atoms with van der Waals surface area (Å²) >= 11 is 5.88. The third kappa shape index (κ3) is 7.06. The van der Waals surface area contributed by atoms with Crippen LogP contribution in [0.1, 0.15) is 12.8 Å². The number of aliphatic carboxylic acids is 1. The topological polar surface area (TPSA) is 108 Å². The van der Waals surface area contributed by atoms with Crippen molar-refractivity contribution in [2.45, 2.75) is 25.1 Å². The van der Waals surface area contributed by atoms with Gasteiger partial charge in [0.25, 0.3) is 0 Å². The van der Waals surface area contributed by atoms with Crippen LogP contribution in [0.4, 0.5) is 29.1 Å². The number of aromatic nitrogens is 2. The van der Waals surface area contributed by atoms with Crippen molar-refractivity contribution in [3.63, 3.8) is 0 Å². The molecular formula is C22H21ClF4N4O4. The lowest BCUT2D eigenvalue weighted by molar-refractivity contribution is -0.192. The molecule has 0 atom stereocenters. The molecule has 0 aliphatic carbocycles. The van der Waals surface area contributed by atoms with Gasteiger partial charge in [0.1, 0.15) is 35.6 Å². The second-order valence-corrected chi connectivity index (χ2v) is 8.14. The number of hydrogen-bond donors (Lipinski definition) is 3. The molecule has 3 N–H and O–H groups in total. The molecule has 1 aliphatic heterocycles. The van der Waals surface area contributed by atoms with E-state index in [1.54, 1.807) is 18.2 Å². The molecule has 2 aromatic carbocycles. The third-order valence-corrected chi connectivity index (χ3v) is 5.36. The molecular weight excluding hydrogens is 496 g/mol. The average Bonchev–Trinajstić information content (AvgIpc) is 2.77. The first kappa shape index (κ1) is 26.2. The summed E-state index contributed by atoms with van der Waals surface area (Å²) in [5.74, 6) is -2.16. The first-order chi connectivity index (χ1) is 16.4. The number of fused-ring (bicyclic) bond motifs is 1. The molecule has 0 amide bonds. The highest BCUT2D eigenvalue weighted by Crippen LogP contribution is 2.36. The van der Waals surface area contributed by atoms with Crippen LogP contribution < -0.4 is 10.1 Å². The first-order valence-electron chi connectivity index (χ1n) is 10.3. The predicted octanol–water partition coefficient (Wildman–Crippen LogP) is 4.98. The predicted molar refractivity (Wildman–Crippen MR) is 121 cm³/mol. The summed E-state index contributed by atoms with van der Waals surface area (Å²) in [6, 6.07) is 7.49. The third-order valence-electron chi connectivity index (χ3n) is 5.07. The molecule has 1 saturated heterocycles. The number of hydrogen-bond acceptors (Lipinski definition) is 7. The Balaban J connectivity index is 0.000000429. The van der Waals surface area contributed by atoms with Crippen LogP contribution in [0.2, 0.25) is 5.02 Å². The standard InChI is InChI=1S/C20H20ClFN4O2.C2HF3O2/c1-26-6-4-14(5-7-26)28-18-10-13(27)9-17-19(18)20(24-11-23-17)25-12-2-3-16(22)15(21)8-12;3-2(4,5)1(6)7/h2-3,8-11,14,27H,4-7H2,1H3,(H,23,24,25);(H,6,7). The molecule has 0 radical (unpaired) electrons. The highest BCUT2D eigenvalue weighted by atomic mass is 35.5. The number of nitrogens with one attached hydrogen (secondary N) is 1. The van der Waals surface area contributed by atoms with E-state index in [2.05, 4.69) is 27.2 Å². The number of alkyl halides is 3. The van der Waals surface area contributed by atoms with Gasteiger partial charge in [0.15, 0.2) is 0 Å². The molecule has 0 saturated carbocycles. The van der Waals surface area contributed by atoms with Gasteiger partial charge in [0, 0.05) is 30.9 Å². The number of likely N-dealkylation sites (tertiary alicyclic amines) is 1. The molecule has 0 unspecified atom stereocenters.